The molecule has 0 spiro atoms. The van der Waals surface area contributed by atoms with E-state index in [1.807, 2.05) is 0 Å². The molecule has 0 atom stereocenters. The first-order chi connectivity index (χ1) is 12.2. The molecule has 0 fully saturated rings. The molecular weight excluding hydrogens is 355 g/mol. The number of halogens is 3. The van der Waals surface area contributed by atoms with Crippen LogP contribution in [0.1, 0.15) is 34.6 Å². The second kappa shape index (κ2) is 8.02. The zero-order valence-corrected chi connectivity index (χ0v) is 14.0. The fourth-order valence-electron chi connectivity index (χ4n) is 2.23. The summed E-state index contributed by atoms with van der Waals surface area (Å²) in [6.07, 6.45) is -1.41. The SMILES string of the molecule is Cc1cc(C(F)(F)F)nn1CCCNC(=O)CCn1cc(C(=O)O)cn1. The topological polar surface area (TPSA) is 102 Å². The molecule has 11 heteroatoms. The van der Waals surface area contributed by atoms with Crippen LogP contribution >= 0.6 is 0 Å². The van der Waals surface area contributed by atoms with E-state index >= 15 is 0 Å². The molecular formula is C15H18F3N5O3. The predicted molar refractivity (Wildman–Crippen MR) is 83.4 cm³/mol. The predicted octanol–water partition coefficient (Wildman–Crippen LogP) is 1.70. The number of amides is 1. The Balaban J connectivity index is 1.70. The molecule has 2 aromatic rings. The van der Waals surface area contributed by atoms with E-state index in [1.165, 1.54) is 28.7 Å². The number of alkyl halides is 3. The molecule has 26 heavy (non-hydrogen) atoms. The zero-order valence-electron chi connectivity index (χ0n) is 14.0. The Bertz CT molecular complexity index is 782. The van der Waals surface area contributed by atoms with Crippen molar-refractivity contribution in [1.29, 1.82) is 0 Å². The lowest BCUT2D eigenvalue weighted by Gasteiger charge is -2.07. The highest BCUT2D eigenvalue weighted by atomic mass is 19.4. The fourth-order valence-corrected chi connectivity index (χ4v) is 2.23. The summed E-state index contributed by atoms with van der Waals surface area (Å²) in [5, 5.41) is 18.8. The van der Waals surface area contributed by atoms with E-state index in [-0.39, 0.29) is 31.0 Å². The molecule has 0 aliphatic heterocycles. The molecule has 0 unspecified atom stereocenters. The summed E-state index contributed by atoms with van der Waals surface area (Å²) < 4.78 is 40.3. The molecule has 1 amide bonds. The molecule has 0 aliphatic rings. The van der Waals surface area contributed by atoms with Gasteiger partial charge in [0.25, 0.3) is 0 Å². The van der Waals surface area contributed by atoms with Gasteiger partial charge < -0.3 is 10.4 Å². The Morgan fingerprint density at radius 2 is 2.04 bits per heavy atom. The van der Waals surface area contributed by atoms with E-state index in [0.717, 1.165) is 6.07 Å². The van der Waals surface area contributed by atoms with Gasteiger partial charge in [0.2, 0.25) is 5.91 Å². The number of nitrogens with one attached hydrogen (secondary N) is 1. The van der Waals surface area contributed by atoms with Gasteiger partial charge in [0, 0.05) is 37.9 Å². The van der Waals surface area contributed by atoms with E-state index in [0.29, 0.717) is 18.7 Å². The molecule has 8 nitrogen and oxygen atoms in total. The second-order valence-corrected chi connectivity index (χ2v) is 5.64. The van der Waals surface area contributed by atoms with Gasteiger partial charge in [-0.3, -0.25) is 14.2 Å². The number of carbonyl (C=O) groups is 2. The highest BCUT2D eigenvalue weighted by molar-refractivity contribution is 5.86. The average molecular weight is 373 g/mol. The van der Waals surface area contributed by atoms with Gasteiger partial charge >= 0.3 is 12.1 Å². The van der Waals surface area contributed by atoms with Crippen LogP contribution in [0.4, 0.5) is 13.2 Å². The minimum Gasteiger partial charge on any atom is -0.478 e. The van der Waals surface area contributed by atoms with Crippen LogP contribution in [-0.2, 0) is 24.1 Å². The molecule has 0 radical (unpaired) electrons. The summed E-state index contributed by atoms with van der Waals surface area (Å²) in [5.74, 6) is -1.35. The third-order valence-electron chi connectivity index (χ3n) is 3.59. The van der Waals surface area contributed by atoms with Crippen molar-refractivity contribution in [3.63, 3.8) is 0 Å². The molecule has 2 heterocycles. The number of hydrogen-bond donors (Lipinski definition) is 2. The van der Waals surface area contributed by atoms with Gasteiger partial charge in [0.1, 0.15) is 0 Å². The van der Waals surface area contributed by atoms with Gasteiger partial charge in [-0.05, 0) is 19.4 Å². The van der Waals surface area contributed by atoms with Crippen molar-refractivity contribution in [2.24, 2.45) is 0 Å². The van der Waals surface area contributed by atoms with Crippen LogP contribution in [0.15, 0.2) is 18.5 Å². The number of rotatable bonds is 8. The van der Waals surface area contributed by atoms with Crippen LogP contribution in [0, 0.1) is 6.92 Å². The van der Waals surface area contributed by atoms with E-state index in [9.17, 15) is 22.8 Å². The van der Waals surface area contributed by atoms with Crippen LogP contribution < -0.4 is 5.32 Å². The quantitative estimate of drug-likeness (QED) is 0.686. The van der Waals surface area contributed by atoms with E-state index in [2.05, 4.69) is 15.5 Å². The molecule has 0 saturated heterocycles. The lowest BCUT2D eigenvalue weighted by atomic mass is 10.3. The standard InChI is InChI=1S/C15H18F3N5O3/c1-10-7-12(15(16,17)18)21-23(10)5-2-4-19-13(24)3-6-22-9-11(8-20-22)14(25)26/h7-9H,2-6H2,1H3,(H,19,24)(H,25,26). The van der Waals surface area contributed by atoms with Gasteiger partial charge in [0.15, 0.2) is 5.69 Å². The van der Waals surface area contributed by atoms with Crippen molar-refractivity contribution >= 4 is 11.9 Å². The summed E-state index contributed by atoms with van der Waals surface area (Å²) in [6.45, 7) is 2.31. The van der Waals surface area contributed by atoms with Gasteiger partial charge in [0.05, 0.1) is 11.8 Å². The van der Waals surface area contributed by atoms with Crippen molar-refractivity contribution in [3.8, 4) is 0 Å². The Labute approximate surface area is 146 Å². The van der Waals surface area contributed by atoms with Gasteiger partial charge in [-0.2, -0.15) is 23.4 Å². The summed E-state index contributed by atoms with van der Waals surface area (Å²) in [6, 6.07) is 0.980. The Morgan fingerprint density at radius 1 is 1.31 bits per heavy atom. The number of carboxylic acids is 1. The first-order valence-corrected chi connectivity index (χ1v) is 7.81. The van der Waals surface area contributed by atoms with Gasteiger partial charge in [-0.15, -0.1) is 0 Å². The van der Waals surface area contributed by atoms with E-state index in [1.54, 1.807) is 0 Å². The Morgan fingerprint density at radius 3 is 2.62 bits per heavy atom. The summed E-state index contributed by atoms with van der Waals surface area (Å²) >= 11 is 0. The van der Waals surface area contributed by atoms with Crippen molar-refractivity contribution in [2.45, 2.75) is 39.0 Å². The highest BCUT2D eigenvalue weighted by Crippen LogP contribution is 2.28. The normalized spacial score (nSPS) is 11.5. The number of aromatic nitrogens is 4. The molecule has 0 bridgehead atoms. The van der Waals surface area contributed by atoms with Crippen molar-refractivity contribution in [1.82, 2.24) is 24.9 Å². The number of hydrogen-bond acceptors (Lipinski definition) is 4. The Kier molecular flexibility index (Phi) is 6.01. The minimum atomic E-state index is -4.47. The average Bonchev–Trinajstić information content (AvgIpc) is 3.16. The monoisotopic (exact) mass is 373 g/mol. The highest BCUT2D eigenvalue weighted by Gasteiger charge is 2.34. The van der Waals surface area contributed by atoms with Crippen LogP contribution in [-0.4, -0.2) is 43.1 Å². The van der Waals surface area contributed by atoms with Crippen molar-refractivity contribution < 1.29 is 27.9 Å². The van der Waals surface area contributed by atoms with Crippen molar-refractivity contribution in [3.05, 3.63) is 35.4 Å². The number of aryl methyl sites for hydroxylation is 3. The maximum absolute atomic E-state index is 12.6. The van der Waals surface area contributed by atoms with Crippen LogP contribution in [0.3, 0.4) is 0 Å². The third-order valence-corrected chi connectivity index (χ3v) is 3.59. The van der Waals surface area contributed by atoms with E-state index < -0.39 is 17.8 Å². The van der Waals surface area contributed by atoms with Gasteiger partial charge in [-0.25, -0.2) is 4.79 Å². The summed E-state index contributed by atoms with van der Waals surface area (Å²) in [7, 11) is 0. The number of aromatic carboxylic acids is 1. The van der Waals surface area contributed by atoms with Crippen LogP contribution in [0.2, 0.25) is 0 Å². The largest absolute Gasteiger partial charge is 0.478 e. The molecule has 0 aliphatic carbocycles. The first-order valence-electron chi connectivity index (χ1n) is 7.81. The zero-order chi connectivity index (χ0) is 19.3. The maximum Gasteiger partial charge on any atom is 0.435 e. The van der Waals surface area contributed by atoms with Crippen LogP contribution in [0.5, 0.6) is 0 Å². The smallest absolute Gasteiger partial charge is 0.435 e. The molecule has 2 N–H and O–H groups in total. The molecule has 0 saturated carbocycles. The number of carbonyl (C=O) groups excluding carboxylic acids is 1. The molecule has 142 valence electrons. The number of nitrogens with zero attached hydrogens (tertiary/aromatic N) is 4. The number of carboxylic acid groups (broad SMARTS) is 1. The maximum atomic E-state index is 12.6. The lowest BCUT2D eigenvalue weighted by molar-refractivity contribution is -0.141. The second-order valence-electron chi connectivity index (χ2n) is 5.64. The van der Waals surface area contributed by atoms with Gasteiger partial charge in [-0.1, -0.05) is 0 Å². The van der Waals surface area contributed by atoms with Crippen LogP contribution in [0.25, 0.3) is 0 Å². The first kappa shape index (κ1) is 19.5. The van der Waals surface area contributed by atoms with E-state index in [4.69, 9.17) is 5.11 Å². The molecule has 2 aromatic heterocycles. The lowest BCUT2D eigenvalue weighted by Crippen LogP contribution is -2.26. The minimum absolute atomic E-state index is 0.0400. The Hall–Kier alpha value is -2.85. The van der Waals surface area contributed by atoms with Crippen molar-refractivity contribution in [2.75, 3.05) is 6.54 Å². The molecule has 0 aromatic carbocycles. The molecule has 2 rings (SSSR count). The fraction of sp³-hybridized carbons (Fsp3) is 0.467. The summed E-state index contributed by atoms with van der Waals surface area (Å²) in [5.41, 5.74) is -0.492. The summed E-state index contributed by atoms with van der Waals surface area (Å²) in [4.78, 5) is 22.5. The third kappa shape index (κ3) is 5.33.